The molecule has 124 valence electrons. The second-order valence-corrected chi connectivity index (χ2v) is 8.23. The number of nitrogens with one attached hydrogen (secondary N) is 1. The van der Waals surface area contributed by atoms with Crippen molar-refractivity contribution in [2.75, 3.05) is 5.32 Å². The Morgan fingerprint density at radius 3 is 2.09 bits per heavy atom. The quantitative estimate of drug-likeness (QED) is 0.362. The van der Waals surface area contributed by atoms with Crippen LogP contribution in [0.4, 0.5) is 5.69 Å². The molecule has 0 heterocycles. The zero-order chi connectivity index (χ0) is 17.5. The first-order valence-corrected chi connectivity index (χ1v) is 9.86. The SMILES string of the molecule is CC(=O)Nc1ccc([As](=O)(O)OO)cc1.Cc1ccccc1O. The monoisotopic (exact) mass is 383 g/mol. The van der Waals surface area contributed by atoms with Crippen LogP contribution in [0.5, 0.6) is 5.75 Å². The number of benzene rings is 2. The number of aryl methyl sites for hydroxylation is 1. The number of carbonyl (C=O) groups is 1. The van der Waals surface area contributed by atoms with E-state index in [1.54, 1.807) is 6.07 Å². The maximum absolute atomic E-state index is 11.2. The molecule has 0 fully saturated rings. The molecule has 0 radical (unpaired) electrons. The minimum absolute atomic E-state index is 0.00438. The molecule has 0 bridgehead atoms. The van der Waals surface area contributed by atoms with Gasteiger partial charge in [-0.2, -0.15) is 0 Å². The van der Waals surface area contributed by atoms with Crippen LogP contribution in [0.25, 0.3) is 0 Å². The van der Waals surface area contributed by atoms with Crippen LogP contribution in [-0.4, -0.2) is 34.5 Å². The van der Waals surface area contributed by atoms with Crippen molar-refractivity contribution in [1.82, 2.24) is 0 Å². The summed E-state index contributed by atoms with van der Waals surface area (Å²) in [5.74, 6) is 0.131. The van der Waals surface area contributed by atoms with Crippen molar-refractivity contribution in [2.24, 2.45) is 0 Å². The molecule has 0 aliphatic rings. The fourth-order valence-corrected chi connectivity index (χ4v) is 2.85. The fourth-order valence-electron chi connectivity index (χ4n) is 1.55. The zero-order valence-electron chi connectivity index (χ0n) is 12.6. The van der Waals surface area contributed by atoms with Gasteiger partial charge in [0.15, 0.2) is 0 Å². The summed E-state index contributed by atoms with van der Waals surface area (Å²) in [5.41, 5.74) is 1.42. The summed E-state index contributed by atoms with van der Waals surface area (Å²) < 4.78 is 23.8. The number of hydrogen-bond acceptors (Lipinski definition) is 5. The number of phenolic OH excluding ortho intramolecular Hbond substituents is 1. The van der Waals surface area contributed by atoms with Crippen molar-refractivity contribution in [3.63, 3.8) is 0 Å². The Balaban J connectivity index is 0.000000277. The van der Waals surface area contributed by atoms with Gasteiger partial charge in [0.25, 0.3) is 0 Å². The fraction of sp³-hybridized carbons (Fsp3) is 0.133. The van der Waals surface area contributed by atoms with Gasteiger partial charge in [0, 0.05) is 0 Å². The molecule has 7 nitrogen and oxygen atoms in total. The minimum atomic E-state index is -4.76. The van der Waals surface area contributed by atoms with Crippen molar-refractivity contribution < 1.29 is 26.9 Å². The molecule has 0 saturated heterocycles. The molecule has 2 rings (SSSR count). The first-order valence-electron chi connectivity index (χ1n) is 6.55. The standard InChI is InChI=1S/C8H10AsNO5.C7H8O/c1-6(11)10-8-4-2-7(3-5-8)9(12,13)15-14;1-6-4-2-3-5-7(6)8/h2-5,14H,1H3,(H,10,11)(H,12,13);2-5,8H,1H3. The number of para-hydroxylation sites is 1. The van der Waals surface area contributed by atoms with Gasteiger partial charge in [-0.1, -0.05) is 18.2 Å². The van der Waals surface area contributed by atoms with Gasteiger partial charge in [-0.3, -0.25) is 0 Å². The van der Waals surface area contributed by atoms with Gasteiger partial charge in [-0.05, 0) is 18.6 Å². The van der Waals surface area contributed by atoms with E-state index < -0.39 is 14.2 Å². The van der Waals surface area contributed by atoms with Gasteiger partial charge >= 0.3 is 88.4 Å². The van der Waals surface area contributed by atoms with E-state index in [4.69, 9.17) is 14.5 Å². The first-order chi connectivity index (χ1) is 10.8. The van der Waals surface area contributed by atoms with E-state index in [9.17, 15) is 8.53 Å². The van der Waals surface area contributed by atoms with Crippen LogP contribution in [0.3, 0.4) is 0 Å². The predicted molar refractivity (Wildman–Crippen MR) is 85.6 cm³/mol. The second kappa shape index (κ2) is 8.55. The van der Waals surface area contributed by atoms with Crippen molar-refractivity contribution in [3.8, 4) is 5.75 Å². The van der Waals surface area contributed by atoms with Crippen molar-refractivity contribution >= 4 is 30.1 Å². The van der Waals surface area contributed by atoms with Gasteiger partial charge < -0.3 is 5.11 Å². The molecule has 0 aliphatic carbocycles. The first kappa shape index (κ1) is 19.0. The van der Waals surface area contributed by atoms with Crippen LogP contribution >= 0.6 is 0 Å². The molecule has 23 heavy (non-hydrogen) atoms. The van der Waals surface area contributed by atoms with Crippen molar-refractivity contribution in [1.29, 1.82) is 0 Å². The van der Waals surface area contributed by atoms with Crippen LogP contribution < -0.4 is 9.67 Å². The van der Waals surface area contributed by atoms with Crippen LogP contribution in [0.1, 0.15) is 12.5 Å². The third kappa shape index (κ3) is 6.30. The van der Waals surface area contributed by atoms with Gasteiger partial charge in [-0.25, -0.2) is 0 Å². The zero-order valence-corrected chi connectivity index (χ0v) is 14.5. The summed E-state index contributed by atoms with van der Waals surface area (Å²) in [6.07, 6.45) is 0. The second-order valence-electron chi connectivity index (χ2n) is 4.62. The molecule has 1 amide bonds. The Labute approximate surface area is 136 Å². The number of rotatable bonds is 3. The van der Waals surface area contributed by atoms with E-state index in [-0.39, 0.29) is 10.3 Å². The summed E-state index contributed by atoms with van der Waals surface area (Å²) in [4.78, 5) is 10.7. The Kier molecular flexibility index (Phi) is 7.06. The maximum atomic E-state index is 11.2. The number of phenols is 1. The largest absolute Gasteiger partial charge is 0.508 e. The van der Waals surface area contributed by atoms with Gasteiger partial charge in [-0.15, -0.1) is 0 Å². The molecule has 2 aromatic carbocycles. The summed E-state index contributed by atoms with van der Waals surface area (Å²) in [5, 5.41) is 19.6. The molecule has 0 spiro atoms. The van der Waals surface area contributed by atoms with E-state index in [1.807, 2.05) is 25.1 Å². The molecule has 2 aromatic rings. The summed E-state index contributed by atoms with van der Waals surface area (Å²) >= 11 is -4.76. The van der Waals surface area contributed by atoms with Crippen molar-refractivity contribution in [3.05, 3.63) is 54.1 Å². The van der Waals surface area contributed by atoms with Gasteiger partial charge in [0.05, 0.1) is 0 Å². The van der Waals surface area contributed by atoms with E-state index in [2.05, 4.69) is 9.19 Å². The Hall–Kier alpha value is -2.05. The van der Waals surface area contributed by atoms with E-state index >= 15 is 0 Å². The summed E-state index contributed by atoms with van der Waals surface area (Å²) in [6.45, 7) is 3.22. The summed E-state index contributed by atoms with van der Waals surface area (Å²) in [6, 6.07) is 12.8. The average molecular weight is 383 g/mol. The van der Waals surface area contributed by atoms with E-state index in [1.165, 1.54) is 31.2 Å². The Morgan fingerprint density at radius 1 is 1.13 bits per heavy atom. The number of carbonyl (C=O) groups excluding carboxylic acids is 1. The van der Waals surface area contributed by atoms with Crippen molar-refractivity contribution in [2.45, 2.75) is 13.8 Å². The molecule has 1 unspecified atom stereocenters. The number of amides is 1. The molecule has 0 aliphatic heterocycles. The average Bonchev–Trinajstić information content (AvgIpc) is 2.51. The third-order valence-electron chi connectivity index (χ3n) is 2.74. The normalized spacial score (nSPS) is 12.5. The minimum Gasteiger partial charge on any atom is -0.508 e. The van der Waals surface area contributed by atoms with E-state index in [0.29, 0.717) is 11.4 Å². The van der Waals surface area contributed by atoms with E-state index in [0.717, 1.165) is 5.56 Å². The Bertz CT molecular complexity index is 680. The van der Waals surface area contributed by atoms with Crippen LogP contribution in [-0.2, 0) is 12.4 Å². The predicted octanol–water partition coefficient (Wildman–Crippen LogP) is 1.40. The molecule has 0 aromatic heterocycles. The smallest absolute Gasteiger partial charge is 0.118 e. The maximum Gasteiger partial charge on any atom is 0.118 e. The molecular weight excluding hydrogens is 365 g/mol. The van der Waals surface area contributed by atoms with Crippen LogP contribution in [0.15, 0.2) is 48.5 Å². The Morgan fingerprint density at radius 2 is 1.70 bits per heavy atom. The molecule has 0 saturated carbocycles. The third-order valence-corrected chi connectivity index (χ3v) is 5.20. The summed E-state index contributed by atoms with van der Waals surface area (Å²) in [7, 11) is 0. The molecule has 4 N–H and O–H groups in total. The van der Waals surface area contributed by atoms with Gasteiger partial charge in [0.2, 0.25) is 0 Å². The van der Waals surface area contributed by atoms with Gasteiger partial charge in [0.1, 0.15) is 5.75 Å². The topological polar surface area (TPSA) is 116 Å². The number of hydrogen-bond donors (Lipinski definition) is 4. The molecule has 1 atom stereocenters. The molecular formula is C15H18AsNO6. The number of aromatic hydroxyl groups is 1. The molecule has 8 heteroatoms. The van der Waals surface area contributed by atoms with Crippen LogP contribution in [0.2, 0.25) is 0 Å². The van der Waals surface area contributed by atoms with Crippen LogP contribution in [0, 0.1) is 6.92 Å². The number of anilines is 1.